The first-order valence-corrected chi connectivity index (χ1v) is 40.6. The van der Waals surface area contributed by atoms with Gasteiger partial charge in [-0.15, -0.1) is 11.3 Å². The van der Waals surface area contributed by atoms with Crippen molar-refractivity contribution in [2.24, 2.45) is 59.0 Å². The number of unbranched alkanes of at least 4 members (excludes halogenated alkanes) is 2. The topological polar surface area (TPSA) is 307 Å². The van der Waals surface area contributed by atoms with E-state index in [0.717, 1.165) is 22.6 Å². The van der Waals surface area contributed by atoms with Crippen molar-refractivity contribution in [1.82, 2.24) is 40.5 Å². The zero-order valence-electron chi connectivity index (χ0n) is 68.1. The number of likely N-dealkylation sites (tertiary alicyclic amines) is 2. The number of aromatic nitrogens is 1. The van der Waals surface area contributed by atoms with Crippen LogP contribution in [0.5, 0.6) is 0 Å². The summed E-state index contributed by atoms with van der Waals surface area (Å²) in [5.41, 5.74) is 9.27. The molecule has 1 unspecified atom stereocenters. The lowest BCUT2D eigenvalue weighted by molar-refractivity contribution is -0.149. The fourth-order valence-electron chi connectivity index (χ4n) is 15.5. The van der Waals surface area contributed by atoms with Crippen LogP contribution in [0.4, 0.5) is 15.3 Å². The number of likely N-dealkylation sites (N-methyl/N-ethyl adjacent to an activating group) is 2. The molecule has 3 heterocycles. The van der Waals surface area contributed by atoms with Crippen molar-refractivity contribution in [2.45, 2.75) is 228 Å². The zero-order valence-corrected chi connectivity index (χ0v) is 68.9. The molecule has 0 spiro atoms. The number of primary amides is 1. The van der Waals surface area contributed by atoms with Gasteiger partial charge in [0.05, 0.1) is 54.8 Å². The van der Waals surface area contributed by atoms with E-state index in [9.17, 15) is 47.9 Å². The van der Waals surface area contributed by atoms with E-state index in [4.69, 9.17) is 19.9 Å². The van der Waals surface area contributed by atoms with Gasteiger partial charge in [-0.05, 0) is 122 Å². The van der Waals surface area contributed by atoms with Crippen molar-refractivity contribution in [1.29, 1.82) is 0 Å². The number of benzene rings is 3. The average molecular weight is 1540 g/mol. The number of nitrogens with zero attached hydrogens (tertiary/aromatic N) is 6. The van der Waals surface area contributed by atoms with Gasteiger partial charge in [0, 0.05) is 122 Å². The van der Waals surface area contributed by atoms with Crippen LogP contribution in [0.1, 0.15) is 193 Å². The van der Waals surface area contributed by atoms with Gasteiger partial charge in [0.1, 0.15) is 17.4 Å². The monoisotopic (exact) mass is 1540 g/mol. The van der Waals surface area contributed by atoms with Gasteiger partial charge >= 0.3 is 12.1 Å². The van der Waals surface area contributed by atoms with Gasteiger partial charge in [0.15, 0.2) is 11.6 Å². The van der Waals surface area contributed by atoms with Gasteiger partial charge in [0.25, 0.3) is 0 Å². The molecule has 4 aromatic rings. The highest BCUT2D eigenvalue weighted by molar-refractivity contribution is 7.09. The predicted molar refractivity (Wildman–Crippen MR) is 427 cm³/mol. The minimum absolute atomic E-state index is 0.00297. The third-order valence-corrected chi connectivity index (χ3v) is 23.3. The Hall–Kier alpha value is -8.26. The maximum Gasteiger partial charge on any atom is 0.414 e. The highest BCUT2D eigenvalue weighted by Crippen LogP contribution is 2.34. The van der Waals surface area contributed by atoms with Crippen LogP contribution in [0.2, 0.25) is 0 Å². The smallest absolute Gasteiger partial charge is 0.414 e. The van der Waals surface area contributed by atoms with Crippen LogP contribution in [0.25, 0.3) is 0 Å². The third kappa shape index (κ3) is 26.5. The van der Waals surface area contributed by atoms with Gasteiger partial charge in [-0.3, -0.25) is 57.9 Å². The molecule has 2 fully saturated rings. The van der Waals surface area contributed by atoms with Crippen LogP contribution in [-0.4, -0.2) is 187 Å². The minimum atomic E-state index is -0.923. The summed E-state index contributed by atoms with van der Waals surface area (Å²) < 4.78 is 18.0. The molecule has 6 rings (SSSR count). The van der Waals surface area contributed by atoms with E-state index in [1.165, 1.54) is 21.1 Å². The van der Waals surface area contributed by atoms with E-state index >= 15 is 4.79 Å². The fraction of sp³-hybridized carbons (Fsp3) is 0.624. The van der Waals surface area contributed by atoms with Gasteiger partial charge in [-0.1, -0.05) is 156 Å². The Labute approximate surface area is 657 Å². The van der Waals surface area contributed by atoms with Crippen LogP contribution in [0.15, 0.2) is 90.4 Å². The SMILES string of the molecule is CC[C@H](C)[C@@H]([C@@H](CC(=O)N1CCC[C@H]1[C@H](OC)[C@@H](C)C(=O)N[C@@H](Cc1ccccc1)c1nccs1)OC)N(C)C(=O)[C@@H](CC(=O)[C@H](C(C)C)N(C)CCc1ccc(N(C)C(=O)OCc2ccc(CC(=O)[C@H](CCCNC(N)=O)NC(=O)[C@@H](CC(=O)CCCCCN3C(=O)CC(C(C)C)C3=O)C(C)C)cc2)cc1)C(C)C. The van der Waals surface area contributed by atoms with E-state index in [2.05, 4.69) is 39.7 Å². The number of nitrogens with one attached hydrogen (secondary N) is 3. The summed E-state index contributed by atoms with van der Waals surface area (Å²) >= 11 is 1.49. The highest BCUT2D eigenvalue weighted by Gasteiger charge is 2.45. The number of thiazole rings is 1. The number of methoxy groups -OCH3 is 2. The summed E-state index contributed by atoms with van der Waals surface area (Å²) in [7, 11) is 8.47. The number of rotatable bonds is 47. The van der Waals surface area contributed by atoms with E-state index in [-0.39, 0.29) is 153 Å². The largest absolute Gasteiger partial charge is 0.444 e. The van der Waals surface area contributed by atoms with Gasteiger partial charge in [-0.2, -0.15) is 0 Å². The zero-order chi connectivity index (χ0) is 81.1. The van der Waals surface area contributed by atoms with Crippen molar-refractivity contribution in [3.05, 3.63) is 118 Å². The molecule has 2 aliphatic rings. The molecule has 0 radical (unpaired) electrons. The van der Waals surface area contributed by atoms with Crippen molar-refractivity contribution in [3.63, 3.8) is 0 Å². The number of ketones is 3. The summed E-state index contributed by atoms with van der Waals surface area (Å²) in [6, 6.07) is 21.2. The molecule has 12 atom stereocenters. The quantitative estimate of drug-likeness (QED) is 0.0236. The molecule has 0 saturated carbocycles. The maximum atomic E-state index is 15.0. The van der Waals surface area contributed by atoms with E-state index in [1.54, 1.807) is 63.7 Å². The lowest BCUT2D eigenvalue weighted by Crippen LogP contribution is -2.54. The van der Waals surface area contributed by atoms with Crippen LogP contribution in [0.3, 0.4) is 0 Å². The molecule has 0 bridgehead atoms. The molecule has 25 heteroatoms. The molecule has 606 valence electrons. The first kappa shape index (κ1) is 90.6. The number of carbonyl (C=O) groups excluding carboxylic acids is 11. The molecule has 3 aromatic carbocycles. The van der Waals surface area contributed by atoms with Crippen LogP contribution in [-0.2, 0) is 83.2 Å². The second-order valence-corrected chi connectivity index (χ2v) is 32.7. The lowest BCUT2D eigenvalue weighted by atomic mass is 9.83. The van der Waals surface area contributed by atoms with E-state index in [1.807, 2.05) is 134 Å². The summed E-state index contributed by atoms with van der Waals surface area (Å²) in [6.07, 6.45) is 5.89. The van der Waals surface area contributed by atoms with E-state index < -0.39 is 66.1 Å². The Morgan fingerprint density at radius 3 is 1.97 bits per heavy atom. The molecule has 24 nitrogen and oxygen atoms in total. The Morgan fingerprint density at radius 1 is 0.718 bits per heavy atom. The van der Waals surface area contributed by atoms with Crippen molar-refractivity contribution in [3.8, 4) is 0 Å². The molecule has 1 aromatic heterocycles. The number of nitrogens with two attached hydrogens (primary N) is 1. The maximum absolute atomic E-state index is 15.0. The predicted octanol–water partition coefficient (Wildman–Crippen LogP) is 11.5. The van der Waals surface area contributed by atoms with Crippen LogP contribution in [0, 0.1) is 53.3 Å². The van der Waals surface area contributed by atoms with Gasteiger partial charge in [0.2, 0.25) is 35.4 Å². The second kappa shape index (κ2) is 44.7. The van der Waals surface area contributed by atoms with Crippen molar-refractivity contribution >= 4 is 81.9 Å². The minimum Gasteiger partial charge on any atom is -0.444 e. The van der Waals surface area contributed by atoms with Gasteiger partial charge in [-0.25, -0.2) is 14.6 Å². The van der Waals surface area contributed by atoms with Gasteiger partial charge < -0.3 is 45.7 Å². The van der Waals surface area contributed by atoms with E-state index in [0.29, 0.717) is 87.8 Å². The molecular weight excluding hydrogens is 1420 g/mol. The molecule has 110 heavy (non-hydrogen) atoms. The Bertz CT molecular complexity index is 3630. The first-order chi connectivity index (χ1) is 52.3. The Morgan fingerprint density at radius 2 is 1.38 bits per heavy atom. The molecule has 5 N–H and O–H groups in total. The highest BCUT2D eigenvalue weighted by atomic mass is 32.1. The molecule has 0 aliphatic carbocycles. The normalized spacial score (nSPS) is 17.3. The number of anilines is 1. The number of hydrogen-bond donors (Lipinski definition) is 4. The van der Waals surface area contributed by atoms with Crippen molar-refractivity contribution in [2.75, 3.05) is 66.4 Å². The average Bonchev–Trinajstić information content (AvgIpc) is 1.69. The number of imide groups is 1. The molecular formula is C85H126N10O14S. The van der Waals surface area contributed by atoms with Crippen LogP contribution < -0.4 is 26.6 Å². The summed E-state index contributed by atoms with van der Waals surface area (Å²) in [5, 5.41) is 11.4. The molecule has 9 amide bonds. The number of hydrogen-bond acceptors (Lipinski definition) is 17. The first-order valence-electron chi connectivity index (χ1n) is 39.7. The standard InChI is InChI=1S/C85H126N10O14S/c1-17-57(10)77(73(107-15)51-75(100)94-43-25-30-70(94)78(108-16)58(11)79(101)90-69(81-87-41-45-110-81)46-60-26-20-18-21-27-60)93(14)82(103)66(54(4)5)49-72(98)76(56(8)9)91(12)44-39-59-35-37-63(38-36-59)92(13)85(106)109-52-62-33-31-61(32-34-62)47-71(97)68(29-24-40-88-84(86)105)89-80(102)65(53(2)3)48-64(96)28-22-19-23-42-95-74(99)50-67(55(6)7)83(95)104/h18,20-21,26-27,31-38,41,45,53-58,65-70,73,76-78H,17,19,22-25,28-30,39-40,42-44,46-52H2,1-16H3,(H,89,102)(H,90,101)(H3,86,88,105)/t57-,58+,65-,66-,67?,68-,69-,70-,73+,76-,77-,78+/m0/s1. The number of Topliss-reactive ketones (excluding diaryl/α,β-unsaturated/α-hetero) is 3. The second-order valence-electron chi connectivity index (χ2n) is 31.7. The number of urea groups is 1. The Balaban J connectivity index is 0.984. The third-order valence-electron chi connectivity index (χ3n) is 22.4. The summed E-state index contributed by atoms with van der Waals surface area (Å²) in [5.74, 6) is -4.35. The van der Waals surface area contributed by atoms with Crippen LogP contribution >= 0.6 is 11.3 Å². The number of carbonyl (C=O) groups is 11. The van der Waals surface area contributed by atoms with Crippen molar-refractivity contribution < 1.29 is 67.0 Å². The molecule has 2 aliphatic heterocycles. The number of amides is 9. The molecule has 2 saturated heterocycles. The summed E-state index contributed by atoms with van der Waals surface area (Å²) in [6.45, 7) is 23.0. The fourth-order valence-corrected chi connectivity index (χ4v) is 16.2. The summed E-state index contributed by atoms with van der Waals surface area (Å²) in [4.78, 5) is 163. The Kier molecular flexibility index (Phi) is 36.8. The number of ether oxygens (including phenoxy) is 3. The lowest BCUT2D eigenvalue weighted by Gasteiger charge is -2.41.